The summed E-state index contributed by atoms with van der Waals surface area (Å²) in [5.41, 5.74) is 0. The third-order valence-corrected chi connectivity index (χ3v) is 1.80. The highest BCUT2D eigenvalue weighted by atomic mass is 16.1. The van der Waals surface area contributed by atoms with Gasteiger partial charge in [-0.1, -0.05) is 0 Å². The van der Waals surface area contributed by atoms with Crippen molar-refractivity contribution in [1.29, 1.82) is 0 Å². The highest BCUT2D eigenvalue weighted by molar-refractivity contribution is 5.80. The maximum atomic E-state index is 11.3. The molecule has 1 heterocycles. The van der Waals surface area contributed by atoms with Crippen molar-refractivity contribution in [2.24, 2.45) is 0 Å². The number of hydrogen-bond acceptors (Lipinski definition) is 5. The van der Waals surface area contributed by atoms with Crippen molar-refractivity contribution < 1.29 is 4.79 Å². The van der Waals surface area contributed by atoms with Crippen LogP contribution in [-0.4, -0.2) is 35.5 Å². The largest absolute Gasteiger partial charge is 0.373 e. The van der Waals surface area contributed by atoms with Crippen molar-refractivity contribution in [2.45, 2.75) is 19.9 Å². The maximum Gasteiger partial charge on any atom is 0.239 e. The first-order valence-corrected chi connectivity index (χ1v) is 5.15. The number of hydrogen-bond donors (Lipinski definition) is 3. The predicted molar refractivity (Wildman–Crippen MR) is 63.3 cm³/mol. The molecule has 0 spiro atoms. The Balaban J connectivity index is 2.45. The van der Waals surface area contributed by atoms with Gasteiger partial charge in [0.15, 0.2) is 0 Å². The van der Waals surface area contributed by atoms with Crippen molar-refractivity contribution in [3.8, 4) is 0 Å². The summed E-state index contributed by atoms with van der Waals surface area (Å²) in [6, 6.07) is 1.88. The second-order valence-corrected chi connectivity index (χ2v) is 3.61. The van der Waals surface area contributed by atoms with Crippen LogP contribution < -0.4 is 16.0 Å². The lowest BCUT2D eigenvalue weighted by Crippen LogP contribution is -2.34. The minimum Gasteiger partial charge on any atom is -0.373 e. The third kappa shape index (κ3) is 4.12. The van der Waals surface area contributed by atoms with Crippen LogP contribution in [0, 0.1) is 0 Å². The van der Waals surface area contributed by atoms with E-state index in [1.54, 1.807) is 13.1 Å². The summed E-state index contributed by atoms with van der Waals surface area (Å²) in [4.78, 5) is 19.3. The van der Waals surface area contributed by atoms with Crippen LogP contribution >= 0.6 is 0 Å². The van der Waals surface area contributed by atoms with Crippen LogP contribution in [-0.2, 0) is 4.79 Å². The quantitative estimate of drug-likeness (QED) is 0.675. The number of carbonyl (C=O) groups excluding carboxylic acids is 1. The zero-order chi connectivity index (χ0) is 12.0. The highest BCUT2D eigenvalue weighted by Gasteiger charge is 2.03. The Kier molecular flexibility index (Phi) is 4.50. The van der Waals surface area contributed by atoms with E-state index in [1.165, 1.54) is 6.33 Å². The highest BCUT2D eigenvalue weighted by Crippen LogP contribution is 2.06. The minimum atomic E-state index is -0.0559. The number of aromatic nitrogens is 2. The molecule has 16 heavy (non-hydrogen) atoms. The number of nitrogens with zero attached hydrogens (tertiary/aromatic N) is 2. The first-order chi connectivity index (χ1) is 7.61. The lowest BCUT2D eigenvalue weighted by Gasteiger charge is -2.09. The van der Waals surface area contributed by atoms with Gasteiger partial charge >= 0.3 is 0 Å². The van der Waals surface area contributed by atoms with Gasteiger partial charge in [-0.05, 0) is 13.8 Å². The molecule has 0 aliphatic carbocycles. The molecule has 0 aliphatic heterocycles. The van der Waals surface area contributed by atoms with Crippen LogP contribution in [0.3, 0.4) is 0 Å². The molecule has 1 amide bonds. The first kappa shape index (κ1) is 12.2. The van der Waals surface area contributed by atoms with Gasteiger partial charge in [0.05, 0.1) is 6.54 Å². The number of carbonyl (C=O) groups is 1. The van der Waals surface area contributed by atoms with E-state index >= 15 is 0 Å². The SMILES string of the molecule is CNc1cc(NCC(=O)NC(C)C)ncn1. The van der Waals surface area contributed by atoms with Crippen LogP contribution in [0.15, 0.2) is 12.4 Å². The number of nitrogens with one attached hydrogen (secondary N) is 3. The molecule has 0 bridgehead atoms. The average Bonchev–Trinajstić information content (AvgIpc) is 2.26. The van der Waals surface area contributed by atoms with Gasteiger partial charge in [0, 0.05) is 19.2 Å². The smallest absolute Gasteiger partial charge is 0.239 e. The Bertz CT molecular complexity index is 353. The molecule has 1 aromatic heterocycles. The van der Waals surface area contributed by atoms with Crippen LogP contribution in [0.5, 0.6) is 0 Å². The molecule has 3 N–H and O–H groups in total. The Morgan fingerprint density at radius 3 is 2.69 bits per heavy atom. The molecule has 0 saturated carbocycles. The van der Waals surface area contributed by atoms with Crippen LogP contribution in [0.4, 0.5) is 11.6 Å². The summed E-state index contributed by atoms with van der Waals surface area (Å²) in [7, 11) is 1.78. The Hall–Kier alpha value is -1.85. The van der Waals surface area contributed by atoms with Gasteiger partial charge in [0.1, 0.15) is 18.0 Å². The predicted octanol–water partition coefficient (Wildman–Crippen LogP) is 0.455. The van der Waals surface area contributed by atoms with Gasteiger partial charge in [-0.2, -0.15) is 0 Å². The van der Waals surface area contributed by atoms with E-state index in [2.05, 4.69) is 25.9 Å². The van der Waals surface area contributed by atoms with Crippen molar-refractivity contribution in [3.63, 3.8) is 0 Å². The molecule has 1 aromatic rings. The normalized spacial score (nSPS) is 10.0. The summed E-state index contributed by atoms with van der Waals surface area (Å²) in [5, 5.41) is 8.60. The maximum absolute atomic E-state index is 11.3. The molecule has 88 valence electrons. The van der Waals surface area contributed by atoms with Crippen molar-refractivity contribution in [2.75, 3.05) is 24.2 Å². The van der Waals surface area contributed by atoms with Crippen LogP contribution in [0.25, 0.3) is 0 Å². The molecular weight excluding hydrogens is 206 g/mol. The number of amides is 1. The molecule has 0 atom stereocenters. The molecule has 6 heteroatoms. The van der Waals surface area contributed by atoms with E-state index in [0.717, 1.165) is 0 Å². The standard InChI is InChI=1S/C10H17N5O/c1-7(2)15-10(16)5-12-9-4-8(11-3)13-6-14-9/h4,6-7H,5H2,1-3H3,(H,15,16)(H2,11,12,13,14). The third-order valence-electron chi connectivity index (χ3n) is 1.80. The van der Waals surface area contributed by atoms with Crippen LogP contribution in [0.1, 0.15) is 13.8 Å². The molecule has 0 unspecified atom stereocenters. The molecule has 6 nitrogen and oxygen atoms in total. The topological polar surface area (TPSA) is 78.9 Å². The number of rotatable bonds is 5. The number of anilines is 2. The summed E-state index contributed by atoms with van der Waals surface area (Å²) in [6.45, 7) is 4.04. The fourth-order valence-corrected chi connectivity index (χ4v) is 1.13. The molecular formula is C10H17N5O. The van der Waals surface area contributed by atoms with E-state index < -0.39 is 0 Å². The summed E-state index contributed by atoms with van der Waals surface area (Å²) < 4.78 is 0. The Morgan fingerprint density at radius 1 is 1.38 bits per heavy atom. The van der Waals surface area contributed by atoms with E-state index in [4.69, 9.17) is 0 Å². The molecule has 1 rings (SSSR count). The minimum absolute atomic E-state index is 0.0559. The molecule has 0 aliphatic rings. The zero-order valence-corrected chi connectivity index (χ0v) is 9.74. The van der Waals surface area contributed by atoms with Gasteiger partial charge in [0.2, 0.25) is 5.91 Å². The second kappa shape index (κ2) is 5.89. The van der Waals surface area contributed by atoms with Gasteiger partial charge in [0.25, 0.3) is 0 Å². The Labute approximate surface area is 94.9 Å². The van der Waals surface area contributed by atoms with Gasteiger partial charge in [-0.3, -0.25) is 4.79 Å². The van der Waals surface area contributed by atoms with Gasteiger partial charge < -0.3 is 16.0 Å². The lowest BCUT2D eigenvalue weighted by atomic mass is 10.4. The van der Waals surface area contributed by atoms with Gasteiger partial charge in [-0.15, -0.1) is 0 Å². The van der Waals surface area contributed by atoms with E-state index in [9.17, 15) is 4.79 Å². The monoisotopic (exact) mass is 223 g/mol. The summed E-state index contributed by atoms with van der Waals surface area (Å²) in [6.07, 6.45) is 1.44. The lowest BCUT2D eigenvalue weighted by molar-refractivity contribution is -0.119. The first-order valence-electron chi connectivity index (χ1n) is 5.15. The summed E-state index contributed by atoms with van der Waals surface area (Å²) in [5.74, 6) is 1.28. The Morgan fingerprint density at radius 2 is 2.06 bits per heavy atom. The molecule has 0 aromatic carbocycles. The summed E-state index contributed by atoms with van der Waals surface area (Å²) >= 11 is 0. The van der Waals surface area contributed by atoms with Crippen LogP contribution in [0.2, 0.25) is 0 Å². The van der Waals surface area contributed by atoms with Gasteiger partial charge in [-0.25, -0.2) is 9.97 Å². The molecule has 0 fully saturated rings. The zero-order valence-electron chi connectivity index (χ0n) is 9.74. The van der Waals surface area contributed by atoms with E-state index in [-0.39, 0.29) is 18.5 Å². The van der Waals surface area contributed by atoms with E-state index in [1.807, 2.05) is 13.8 Å². The average molecular weight is 223 g/mol. The fraction of sp³-hybridized carbons (Fsp3) is 0.500. The fourth-order valence-electron chi connectivity index (χ4n) is 1.13. The molecule has 0 saturated heterocycles. The van der Waals surface area contributed by atoms with Crippen molar-refractivity contribution >= 4 is 17.5 Å². The van der Waals surface area contributed by atoms with Crippen molar-refractivity contribution in [3.05, 3.63) is 12.4 Å². The second-order valence-electron chi connectivity index (χ2n) is 3.61. The molecule has 0 radical (unpaired) electrons. The van der Waals surface area contributed by atoms with Crippen molar-refractivity contribution in [1.82, 2.24) is 15.3 Å². The van der Waals surface area contributed by atoms with E-state index in [0.29, 0.717) is 11.6 Å².